The predicted octanol–water partition coefficient (Wildman–Crippen LogP) is 3.25. The molecule has 5 heterocycles. The maximum Gasteiger partial charge on any atom is 0.255 e. The van der Waals surface area contributed by atoms with Crippen LogP contribution in [0.2, 0.25) is 0 Å². The van der Waals surface area contributed by atoms with E-state index >= 15 is 0 Å². The molecule has 1 aliphatic carbocycles. The molecule has 0 radical (unpaired) electrons. The van der Waals surface area contributed by atoms with Gasteiger partial charge in [0.25, 0.3) is 5.91 Å². The van der Waals surface area contributed by atoms with Crippen LogP contribution in [0.15, 0.2) is 64.8 Å². The van der Waals surface area contributed by atoms with Crippen LogP contribution in [0.4, 0.5) is 17.2 Å². The zero-order valence-electron chi connectivity index (χ0n) is 29.4. The third-order valence-corrected chi connectivity index (χ3v) is 12.3. The molecule has 4 amide bonds. The van der Waals surface area contributed by atoms with Crippen molar-refractivity contribution in [1.82, 2.24) is 25.1 Å². The van der Waals surface area contributed by atoms with Crippen LogP contribution in [0.1, 0.15) is 61.4 Å². The molecule has 3 saturated heterocycles. The van der Waals surface area contributed by atoms with Crippen LogP contribution in [-0.2, 0) is 20.9 Å². The van der Waals surface area contributed by atoms with E-state index in [1.165, 1.54) is 11.8 Å². The third kappa shape index (κ3) is 7.24. The highest BCUT2D eigenvalue weighted by atomic mass is 32.2. The van der Waals surface area contributed by atoms with Gasteiger partial charge in [-0.3, -0.25) is 29.4 Å². The zero-order valence-corrected chi connectivity index (χ0v) is 30.2. The molecule has 4 N–H and O–H groups in total. The largest absolute Gasteiger partial charge is 0.369 e. The lowest BCUT2D eigenvalue weighted by atomic mass is 9.78. The summed E-state index contributed by atoms with van der Waals surface area (Å²) >= 11 is 1.53. The second-order valence-corrected chi connectivity index (χ2v) is 16.2. The average Bonchev–Trinajstić information content (AvgIpc) is 3.43. The first-order chi connectivity index (χ1) is 25.1. The van der Waals surface area contributed by atoms with Gasteiger partial charge in [0.1, 0.15) is 16.9 Å². The molecule has 1 unspecified atom stereocenters. The summed E-state index contributed by atoms with van der Waals surface area (Å²) in [6, 6.07) is 13.6. The first kappa shape index (κ1) is 34.6. The van der Waals surface area contributed by atoms with Crippen LogP contribution in [-0.4, -0.2) is 100 Å². The molecule has 2 aromatic carbocycles. The number of nitrogens with zero attached hydrogens (tertiary/aromatic N) is 6. The van der Waals surface area contributed by atoms with Gasteiger partial charge in [0.2, 0.25) is 17.7 Å². The average molecular weight is 724 g/mol. The number of carbonyl (C=O) groups is 4. The molecule has 0 bridgehead atoms. The molecule has 1 aromatic heterocycles. The van der Waals surface area contributed by atoms with Crippen molar-refractivity contribution in [2.24, 2.45) is 11.7 Å². The fraction of sp³-hybridized carbons (Fsp3) is 0.474. The Morgan fingerprint density at radius 3 is 2.48 bits per heavy atom. The normalized spacial score (nSPS) is 24.7. The second kappa shape index (κ2) is 14.1. The maximum atomic E-state index is 13.2. The Balaban J connectivity index is 0.786. The number of fused-ring (bicyclic) bond motifs is 1. The molecule has 14 heteroatoms. The number of rotatable bonds is 8. The Kier molecular flexibility index (Phi) is 9.39. The highest BCUT2D eigenvalue weighted by molar-refractivity contribution is 7.99. The lowest BCUT2D eigenvalue weighted by Gasteiger charge is -2.46. The van der Waals surface area contributed by atoms with Crippen molar-refractivity contribution in [2.45, 2.75) is 79.5 Å². The monoisotopic (exact) mass is 723 g/mol. The molecular formula is C38H45N9O4S. The summed E-state index contributed by atoms with van der Waals surface area (Å²) in [5.74, 6) is 0.103. The SMILES string of the molecule is CC1(N)CCN(c2cnc(Sc3cccc(NC(=O)C4CC(N5CCN(c6ccc7c(c6)CN(C6CCC(=O)NC6=O)C7=O)CC5)C4)c3)cn2)CC1. The minimum atomic E-state index is -0.610. The number of carbonyl (C=O) groups excluding carboxylic acids is 4. The predicted molar refractivity (Wildman–Crippen MR) is 198 cm³/mol. The number of amides is 4. The van der Waals surface area contributed by atoms with E-state index in [4.69, 9.17) is 5.73 Å². The Labute approximate surface area is 307 Å². The Morgan fingerprint density at radius 1 is 0.962 bits per heavy atom. The smallest absolute Gasteiger partial charge is 0.255 e. The minimum absolute atomic E-state index is 0.00812. The fourth-order valence-corrected chi connectivity index (χ4v) is 8.76. The van der Waals surface area contributed by atoms with Gasteiger partial charge in [-0.15, -0.1) is 0 Å². The van der Waals surface area contributed by atoms with Crippen LogP contribution in [0, 0.1) is 5.92 Å². The second-order valence-electron chi connectivity index (χ2n) is 15.1. The van der Waals surface area contributed by atoms with Gasteiger partial charge in [-0.2, -0.15) is 0 Å². The highest BCUT2D eigenvalue weighted by Gasteiger charge is 2.41. The van der Waals surface area contributed by atoms with Gasteiger partial charge < -0.3 is 25.8 Å². The number of nitrogens with one attached hydrogen (secondary N) is 2. The van der Waals surface area contributed by atoms with Crippen molar-refractivity contribution in [1.29, 1.82) is 0 Å². The molecule has 1 saturated carbocycles. The number of hydrogen-bond donors (Lipinski definition) is 3. The Morgan fingerprint density at radius 2 is 1.75 bits per heavy atom. The molecule has 8 rings (SSSR count). The first-order valence-corrected chi connectivity index (χ1v) is 19.1. The quantitative estimate of drug-likeness (QED) is 0.293. The van der Waals surface area contributed by atoms with Gasteiger partial charge >= 0.3 is 0 Å². The van der Waals surface area contributed by atoms with E-state index in [1.54, 1.807) is 4.90 Å². The van der Waals surface area contributed by atoms with Crippen LogP contribution in [0.25, 0.3) is 0 Å². The summed E-state index contributed by atoms with van der Waals surface area (Å²) in [6.07, 6.45) is 7.80. The Hall–Kier alpha value is -4.53. The van der Waals surface area contributed by atoms with Gasteiger partial charge in [0.15, 0.2) is 0 Å². The number of imide groups is 1. The van der Waals surface area contributed by atoms with Crippen molar-refractivity contribution < 1.29 is 19.2 Å². The van der Waals surface area contributed by atoms with E-state index in [2.05, 4.69) is 48.3 Å². The molecule has 13 nitrogen and oxygen atoms in total. The molecule has 1 atom stereocenters. The Bertz CT molecular complexity index is 1860. The number of piperidine rings is 2. The number of anilines is 3. The van der Waals surface area contributed by atoms with E-state index in [-0.39, 0.29) is 35.6 Å². The standard InChI is InChI=1S/C38H45N9O4S/c1-38(39)9-11-46(12-10-38)32-21-41-34(22-40-32)52-29-4-2-3-26(20-29)42-35(49)24-17-28(18-24)45-15-13-44(14-16-45)27-5-6-30-25(19-27)23-47(37(30)51)31-7-8-33(48)43-36(31)50/h2-6,19-22,24,28,31H,7-18,23,39H2,1H3,(H,42,49)(H,43,48,50). The summed E-state index contributed by atoms with van der Waals surface area (Å²) in [5.41, 5.74) is 9.57. The number of benzene rings is 2. The van der Waals surface area contributed by atoms with Crippen molar-refractivity contribution in [2.75, 3.05) is 54.4 Å². The van der Waals surface area contributed by atoms with Gasteiger partial charge in [0, 0.05) is 91.6 Å². The van der Waals surface area contributed by atoms with E-state index < -0.39 is 11.9 Å². The van der Waals surface area contributed by atoms with Gasteiger partial charge in [-0.05, 0) is 81.0 Å². The van der Waals surface area contributed by atoms with Crippen LogP contribution >= 0.6 is 11.8 Å². The topological polar surface area (TPSA) is 157 Å². The zero-order chi connectivity index (χ0) is 36.0. The summed E-state index contributed by atoms with van der Waals surface area (Å²) < 4.78 is 0. The number of nitrogens with two attached hydrogens (primary N) is 1. The third-order valence-electron chi connectivity index (χ3n) is 11.4. The lowest BCUT2D eigenvalue weighted by Crippen LogP contribution is -2.55. The molecule has 0 spiro atoms. The summed E-state index contributed by atoms with van der Waals surface area (Å²) in [5, 5.41) is 6.30. The molecule has 272 valence electrons. The molecular weight excluding hydrogens is 679 g/mol. The summed E-state index contributed by atoms with van der Waals surface area (Å²) in [4.78, 5) is 69.2. The van der Waals surface area contributed by atoms with E-state index in [9.17, 15) is 19.2 Å². The van der Waals surface area contributed by atoms with Crippen LogP contribution < -0.4 is 26.2 Å². The molecule has 52 heavy (non-hydrogen) atoms. The van der Waals surface area contributed by atoms with Gasteiger partial charge in [-0.1, -0.05) is 17.8 Å². The van der Waals surface area contributed by atoms with Gasteiger partial charge in [-0.25, -0.2) is 9.97 Å². The first-order valence-electron chi connectivity index (χ1n) is 18.3. The number of hydrogen-bond acceptors (Lipinski definition) is 11. The lowest BCUT2D eigenvalue weighted by molar-refractivity contribution is -0.137. The summed E-state index contributed by atoms with van der Waals surface area (Å²) in [7, 11) is 0. The van der Waals surface area contributed by atoms with E-state index in [0.29, 0.717) is 24.6 Å². The van der Waals surface area contributed by atoms with Gasteiger partial charge in [0.05, 0.1) is 12.4 Å². The molecule has 4 aliphatic heterocycles. The molecule has 5 aliphatic rings. The van der Waals surface area contributed by atoms with Crippen molar-refractivity contribution in [3.05, 3.63) is 66.0 Å². The van der Waals surface area contributed by atoms with Crippen LogP contribution in [0.5, 0.6) is 0 Å². The van der Waals surface area contributed by atoms with Crippen LogP contribution in [0.3, 0.4) is 0 Å². The molecule has 4 fully saturated rings. The van der Waals surface area contributed by atoms with Crippen molar-refractivity contribution >= 4 is 52.6 Å². The maximum absolute atomic E-state index is 13.2. The van der Waals surface area contributed by atoms with Crippen molar-refractivity contribution in [3.63, 3.8) is 0 Å². The highest BCUT2D eigenvalue weighted by Crippen LogP contribution is 2.36. The fourth-order valence-electron chi connectivity index (χ4n) is 7.98. The number of aromatic nitrogens is 2. The molecule has 3 aromatic rings. The van der Waals surface area contributed by atoms with E-state index in [0.717, 1.165) is 97.6 Å². The number of piperazine rings is 1. The van der Waals surface area contributed by atoms with Crippen molar-refractivity contribution in [3.8, 4) is 0 Å². The minimum Gasteiger partial charge on any atom is -0.369 e. The summed E-state index contributed by atoms with van der Waals surface area (Å²) in [6.45, 7) is 7.78. The van der Waals surface area contributed by atoms with E-state index in [1.807, 2.05) is 48.8 Å².